The molecular formula is C41H28O27. The molecule has 4 aromatic carbocycles. The summed E-state index contributed by atoms with van der Waals surface area (Å²) >= 11 is 0. The number of aromatic hydroxyl groups is 11. The Morgan fingerprint density at radius 2 is 1.07 bits per heavy atom. The molecule has 0 saturated carbocycles. The summed E-state index contributed by atoms with van der Waals surface area (Å²) in [6.45, 7) is -1.29. The fourth-order valence-electron chi connectivity index (χ4n) is 8.26. The molecule has 27 nitrogen and oxygen atoms in total. The second kappa shape index (κ2) is 14.8. The van der Waals surface area contributed by atoms with Crippen molar-refractivity contribution < 1.29 is 133 Å². The summed E-state index contributed by atoms with van der Waals surface area (Å²) < 4.78 is 39.1. The van der Waals surface area contributed by atoms with Crippen LogP contribution in [0.3, 0.4) is 0 Å². The molecule has 0 spiro atoms. The number of phenols is 11. The van der Waals surface area contributed by atoms with Crippen LogP contribution in [-0.4, -0.2) is 156 Å². The van der Waals surface area contributed by atoms with Gasteiger partial charge in [-0.15, -0.1) is 0 Å². The Kier molecular flexibility index (Phi) is 9.64. The van der Waals surface area contributed by atoms with E-state index < -0.39 is 204 Å². The van der Waals surface area contributed by atoms with Crippen molar-refractivity contribution in [2.24, 2.45) is 0 Å². The van der Waals surface area contributed by atoms with Crippen molar-refractivity contribution in [1.82, 2.24) is 0 Å². The summed E-state index contributed by atoms with van der Waals surface area (Å²) in [5.41, 5.74) is -8.23. The molecule has 0 unspecified atom stereocenters. The average molecular weight is 953 g/mol. The number of phenolic OH excluding ortho intramolecular Hbond substituents is 11. The maximum atomic E-state index is 14.6. The van der Waals surface area contributed by atoms with Crippen LogP contribution in [0, 0.1) is 0 Å². The predicted octanol–water partition coefficient (Wildman–Crippen LogP) is -1.10. The molecule has 27 heteroatoms. The molecule has 0 aromatic heterocycles. The highest BCUT2D eigenvalue weighted by Crippen LogP contribution is 2.60. The molecule has 5 aliphatic rings. The van der Waals surface area contributed by atoms with Gasteiger partial charge < -0.3 is 105 Å². The molecule has 4 aromatic rings. The van der Waals surface area contributed by atoms with Crippen LogP contribution in [0.1, 0.15) is 52.9 Å². The molecule has 4 heterocycles. The predicted molar refractivity (Wildman–Crippen MR) is 204 cm³/mol. The third kappa shape index (κ3) is 6.21. The van der Waals surface area contributed by atoms with Crippen LogP contribution in [0.2, 0.25) is 0 Å². The zero-order valence-electron chi connectivity index (χ0n) is 33.2. The second-order valence-corrected chi connectivity index (χ2v) is 15.5. The summed E-state index contributed by atoms with van der Waals surface area (Å²) in [6, 6.07) is 2.38. The van der Waals surface area contributed by atoms with Gasteiger partial charge in [0.25, 0.3) is 11.6 Å². The van der Waals surface area contributed by atoms with Crippen LogP contribution in [0.4, 0.5) is 0 Å². The molecule has 0 radical (unpaired) electrons. The first-order chi connectivity index (χ1) is 31.9. The van der Waals surface area contributed by atoms with E-state index in [1.807, 2.05) is 0 Å². The van der Waals surface area contributed by atoms with E-state index in [1.165, 1.54) is 0 Å². The van der Waals surface area contributed by atoms with Crippen molar-refractivity contribution >= 4 is 35.6 Å². The molecule has 9 rings (SSSR count). The lowest BCUT2D eigenvalue weighted by Crippen LogP contribution is -2.66. The van der Waals surface area contributed by atoms with Crippen LogP contribution in [0.5, 0.6) is 69.0 Å². The molecule has 0 amide bonds. The molecule has 1 aliphatic carbocycles. The maximum Gasteiger partial charge on any atom is 0.340 e. The summed E-state index contributed by atoms with van der Waals surface area (Å²) in [5.74, 6) is -36.3. The Morgan fingerprint density at radius 3 is 1.68 bits per heavy atom. The fourth-order valence-corrected chi connectivity index (χ4v) is 8.26. The van der Waals surface area contributed by atoms with Gasteiger partial charge in [0.1, 0.15) is 12.7 Å². The molecule has 4 bridgehead atoms. The van der Waals surface area contributed by atoms with E-state index >= 15 is 0 Å². The minimum absolute atomic E-state index is 0.182. The van der Waals surface area contributed by atoms with Crippen molar-refractivity contribution in [3.8, 4) is 80.1 Å². The van der Waals surface area contributed by atoms with E-state index in [9.17, 15) is 100 Å². The van der Waals surface area contributed by atoms with Gasteiger partial charge in [-0.3, -0.25) is 4.79 Å². The summed E-state index contributed by atoms with van der Waals surface area (Å²) in [7, 11) is 0. The topological polar surface area (TPSA) is 450 Å². The second-order valence-electron chi connectivity index (χ2n) is 15.5. The molecule has 354 valence electrons. The van der Waals surface area contributed by atoms with Crippen LogP contribution < -0.4 is 4.74 Å². The first kappa shape index (κ1) is 44.3. The first-order valence-electron chi connectivity index (χ1n) is 19.1. The van der Waals surface area contributed by atoms with Gasteiger partial charge in [-0.2, -0.15) is 0 Å². The Labute approximate surface area is 373 Å². The van der Waals surface area contributed by atoms with Crippen LogP contribution in [0.15, 0.2) is 42.0 Å². The third-order valence-corrected chi connectivity index (χ3v) is 11.5. The van der Waals surface area contributed by atoms with Crippen molar-refractivity contribution in [3.05, 3.63) is 69.8 Å². The number of ketones is 1. The van der Waals surface area contributed by atoms with Gasteiger partial charge in [0, 0.05) is 16.7 Å². The number of carbonyl (C=O) groups excluding carboxylic acids is 6. The van der Waals surface area contributed by atoms with E-state index in [1.54, 1.807) is 0 Å². The molecule has 4 aliphatic heterocycles. The third-order valence-electron chi connectivity index (χ3n) is 11.5. The number of cyclic esters (lactones) is 1. The first-order valence-corrected chi connectivity index (χ1v) is 19.1. The number of fused-ring (bicyclic) bond motifs is 3. The van der Waals surface area contributed by atoms with Crippen molar-refractivity contribution in [2.45, 2.75) is 48.2 Å². The lowest BCUT2D eigenvalue weighted by atomic mass is 9.74. The van der Waals surface area contributed by atoms with Crippen molar-refractivity contribution in [2.75, 3.05) is 6.61 Å². The molecule has 68 heavy (non-hydrogen) atoms. The summed E-state index contributed by atoms with van der Waals surface area (Å²) in [4.78, 5) is 84.7. The molecule has 1 fully saturated rings. The molecular weight excluding hydrogens is 924 g/mol. The highest BCUT2D eigenvalue weighted by Gasteiger charge is 2.70. The van der Waals surface area contributed by atoms with E-state index in [4.69, 9.17) is 33.2 Å². The normalized spacial score (nSPS) is 25.7. The number of carbonyl (C=O) groups is 6. The molecule has 14 N–H and O–H groups in total. The Hall–Kier alpha value is -8.92. The number of benzene rings is 4. The van der Waals surface area contributed by atoms with Crippen LogP contribution in [0.25, 0.3) is 11.1 Å². The zero-order chi connectivity index (χ0) is 49.4. The monoisotopic (exact) mass is 952 g/mol. The smallest absolute Gasteiger partial charge is 0.340 e. The highest BCUT2D eigenvalue weighted by atomic mass is 16.8. The summed E-state index contributed by atoms with van der Waals surface area (Å²) in [5, 5.41) is 150. The number of hydrogen-bond donors (Lipinski definition) is 14. The fraction of sp³-hybridized carbons (Fsp3) is 0.220. The largest absolute Gasteiger partial charge is 0.504 e. The van der Waals surface area contributed by atoms with Gasteiger partial charge in [0.2, 0.25) is 35.4 Å². The van der Waals surface area contributed by atoms with Gasteiger partial charge in [0.05, 0.1) is 33.7 Å². The lowest BCUT2D eigenvalue weighted by molar-refractivity contribution is -0.323. The minimum Gasteiger partial charge on any atom is -0.504 e. The number of hydrogen-bond acceptors (Lipinski definition) is 27. The van der Waals surface area contributed by atoms with Crippen LogP contribution >= 0.6 is 0 Å². The van der Waals surface area contributed by atoms with Gasteiger partial charge >= 0.3 is 29.8 Å². The van der Waals surface area contributed by atoms with Gasteiger partial charge in [0.15, 0.2) is 64.0 Å². The van der Waals surface area contributed by atoms with Gasteiger partial charge in [-0.05, 0) is 36.4 Å². The number of aliphatic hydroxyl groups is 3. The van der Waals surface area contributed by atoms with E-state index in [-0.39, 0.29) is 6.08 Å². The number of rotatable bonds is 2. The Morgan fingerprint density at radius 1 is 0.574 bits per heavy atom. The van der Waals surface area contributed by atoms with E-state index in [2.05, 4.69) is 0 Å². The summed E-state index contributed by atoms with van der Waals surface area (Å²) in [6.07, 6.45) is -12.1. The lowest BCUT2D eigenvalue weighted by Gasteiger charge is -2.44. The molecule has 7 atom stereocenters. The zero-order valence-corrected chi connectivity index (χ0v) is 33.2. The maximum absolute atomic E-state index is 14.6. The number of ether oxygens (including phenoxy) is 7. The standard InChI is InChI=1S/C41H28O27/c42-13-1-8(2-14(43)24(13)48)34(54)67-39-33-32-30(64-37(57)11-5-17(46)27(51)31-22(11)23-12(38(58)66-33)6-19(47)40(59,60)41(23,61)68-31)18(63-39)7-62-35(55)9-3-15(44)25(49)28(52)20(9)21-10(36(56)65-32)4-16(45)26(50)29(21)53/h1-6,18,23,30,32-33,39,42-46,48-53,59-61H,7H2/t18-,23+,30-,32+,33-,39+,41-/m1/s1. The van der Waals surface area contributed by atoms with Crippen molar-refractivity contribution in [1.29, 1.82) is 0 Å². The Balaban J connectivity index is 1.29. The quantitative estimate of drug-likeness (QED) is 0.0491. The van der Waals surface area contributed by atoms with E-state index in [0.29, 0.717) is 30.3 Å². The Bertz CT molecular complexity index is 3020. The van der Waals surface area contributed by atoms with Crippen molar-refractivity contribution in [3.63, 3.8) is 0 Å². The van der Waals surface area contributed by atoms with E-state index in [0.717, 1.165) is 0 Å². The molecule has 1 saturated heterocycles. The minimum atomic E-state index is -4.03. The van der Waals surface area contributed by atoms with Gasteiger partial charge in [-0.25, -0.2) is 24.0 Å². The average Bonchev–Trinajstić information content (AvgIpc) is 3.61. The number of esters is 5. The highest BCUT2D eigenvalue weighted by molar-refractivity contribution is 6.09. The van der Waals surface area contributed by atoms with Gasteiger partial charge in [-0.1, -0.05) is 0 Å². The SMILES string of the molecule is O=C1O[C@H]2[C@H](OC(=O)c3cc(O)c(O)c(O)c3)O[C@@H]3COC(=O)c4cc(O)c(O)c(O)c4-c4c(cc(O)c(O)c4O)C(=O)O[C@H]2[C@@H]3OC(=O)c2cc(O)c(O)c3c2[C@@H]2C1=CC(=O)C(O)(O)[C@]2(O)O3. The van der Waals surface area contributed by atoms with Crippen LogP contribution in [-0.2, 0) is 38.0 Å².